The van der Waals surface area contributed by atoms with Gasteiger partial charge < -0.3 is 10.2 Å². The molecule has 0 aliphatic rings. The zero-order valence-corrected chi connectivity index (χ0v) is 21.6. The summed E-state index contributed by atoms with van der Waals surface area (Å²) in [6.07, 6.45) is 1.76. The minimum absolute atomic E-state index is 0.199. The summed E-state index contributed by atoms with van der Waals surface area (Å²) in [6, 6.07) is 18.7. The summed E-state index contributed by atoms with van der Waals surface area (Å²) in [7, 11) is 0. The lowest BCUT2D eigenvalue weighted by atomic mass is 9.76. The molecule has 0 fully saturated rings. The lowest BCUT2D eigenvalue weighted by Gasteiger charge is -2.29. The van der Waals surface area contributed by atoms with Crippen molar-refractivity contribution in [3.8, 4) is 11.5 Å². The smallest absolute Gasteiger partial charge is 0.123 e. The fraction of sp³-hybridized carbons (Fsp3) is 0.419. The number of rotatable bonds is 5. The summed E-state index contributed by atoms with van der Waals surface area (Å²) < 4.78 is 0. The van der Waals surface area contributed by atoms with Gasteiger partial charge in [0.05, 0.1) is 0 Å². The van der Waals surface area contributed by atoms with Gasteiger partial charge in [0, 0.05) is 17.0 Å². The molecule has 3 aromatic rings. The monoisotopic (exact) mass is 444 g/mol. The van der Waals surface area contributed by atoms with Gasteiger partial charge >= 0.3 is 0 Å². The molecular formula is C31H40O2. The lowest BCUT2D eigenvalue weighted by molar-refractivity contribution is 0.431. The van der Waals surface area contributed by atoms with Gasteiger partial charge in [0.15, 0.2) is 0 Å². The van der Waals surface area contributed by atoms with E-state index in [-0.39, 0.29) is 16.7 Å². The van der Waals surface area contributed by atoms with Crippen LogP contribution in [0.3, 0.4) is 0 Å². The van der Waals surface area contributed by atoms with Gasteiger partial charge in [-0.15, -0.1) is 0 Å². The van der Waals surface area contributed by atoms with Crippen molar-refractivity contribution in [3.05, 3.63) is 93.5 Å². The Labute approximate surface area is 200 Å². The Bertz CT molecular complexity index is 1040. The van der Waals surface area contributed by atoms with Gasteiger partial charge in [-0.1, -0.05) is 110 Å². The van der Waals surface area contributed by atoms with Gasteiger partial charge in [-0.3, -0.25) is 0 Å². The topological polar surface area (TPSA) is 40.5 Å². The number of aromatic hydroxyl groups is 2. The Balaban J connectivity index is 2.43. The molecule has 33 heavy (non-hydrogen) atoms. The van der Waals surface area contributed by atoms with Crippen LogP contribution in [0, 0.1) is 0 Å². The molecule has 3 rings (SSSR count). The molecule has 0 aromatic heterocycles. The summed E-state index contributed by atoms with van der Waals surface area (Å²) in [5.74, 6) is 0.380. The predicted octanol–water partition coefficient (Wildman–Crippen LogP) is 8.00. The molecule has 0 bridgehead atoms. The Morgan fingerprint density at radius 3 is 1.36 bits per heavy atom. The predicted molar refractivity (Wildman–Crippen MR) is 140 cm³/mol. The third kappa shape index (κ3) is 5.11. The summed E-state index contributed by atoms with van der Waals surface area (Å²) >= 11 is 0. The maximum Gasteiger partial charge on any atom is 0.123 e. The van der Waals surface area contributed by atoms with Gasteiger partial charge in [0.1, 0.15) is 11.5 Å². The Morgan fingerprint density at radius 1 is 0.636 bits per heavy atom. The molecule has 0 radical (unpaired) electrons. The van der Waals surface area contributed by atoms with E-state index in [4.69, 9.17) is 0 Å². The number of hydrogen-bond donors (Lipinski definition) is 2. The Kier molecular flexibility index (Phi) is 6.98. The van der Waals surface area contributed by atoms with E-state index in [1.807, 2.05) is 18.2 Å². The molecule has 2 N–H and O–H groups in total. The lowest BCUT2D eigenvalue weighted by Crippen LogP contribution is -2.16. The molecular weight excluding hydrogens is 404 g/mol. The number of aryl methyl sites for hydroxylation is 2. The van der Waals surface area contributed by atoms with Crippen molar-refractivity contribution < 1.29 is 10.2 Å². The Hall–Kier alpha value is -2.74. The van der Waals surface area contributed by atoms with Crippen molar-refractivity contribution in [2.75, 3.05) is 0 Å². The summed E-state index contributed by atoms with van der Waals surface area (Å²) in [4.78, 5) is 0. The normalized spacial score (nSPS) is 12.4. The first-order valence-corrected chi connectivity index (χ1v) is 12.2. The fourth-order valence-electron chi connectivity index (χ4n) is 4.60. The first-order valence-electron chi connectivity index (χ1n) is 12.2. The maximum atomic E-state index is 11.6. The van der Waals surface area contributed by atoms with Crippen molar-refractivity contribution in [3.63, 3.8) is 0 Å². The fourth-order valence-corrected chi connectivity index (χ4v) is 4.60. The average molecular weight is 445 g/mol. The van der Waals surface area contributed by atoms with Crippen LogP contribution in [-0.2, 0) is 23.7 Å². The molecule has 0 atom stereocenters. The highest BCUT2D eigenvalue weighted by atomic mass is 16.3. The zero-order chi connectivity index (χ0) is 24.6. The molecule has 3 aromatic carbocycles. The molecule has 2 nitrogen and oxygen atoms in total. The molecule has 0 unspecified atom stereocenters. The van der Waals surface area contributed by atoms with Gasteiger partial charge in [0.2, 0.25) is 0 Å². The van der Waals surface area contributed by atoms with Gasteiger partial charge in [0.25, 0.3) is 0 Å². The first kappa shape index (κ1) is 24.9. The van der Waals surface area contributed by atoms with Crippen molar-refractivity contribution in [2.45, 2.75) is 85.0 Å². The van der Waals surface area contributed by atoms with Crippen LogP contribution in [0.25, 0.3) is 0 Å². The quantitative estimate of drug-likeness (QED) is 0.391. The van der Waals surface area contributed by atoms with Crippen LogP contribution < -0.4 is 0 Å². The van der Waals surface area contributed by atoms with Gasteiger partial charge in [-0.05, 0) is 51.5 Å². The van der Waals surface area contributed by atoms with Crippen molar-refractivity contribution in [1.82, 2.24) is 0 Å². The van der Waals surface area contributed by atoms with E-state index in [0.29, 0.717) is 11.5 Å². The number of phenols is 2. The molecule has 0 aliphatic carbocycles. The van der Waals surface area contributed by atoms with E-state index in [0.717, 1.165) is 40.7 Å². The summed E-state index contributed by atoms with van der Waals surface area (Å²) in [6.45, 7) is 17.1. The van der Waals surface area contributed by atoms with Crippen LogP contribution in [-0.4, -0.2) is 10.2 Å². The van der Waals surface area contributed by atoms with Crippen LogP contribution in [0.15, 0.2) is 54.6 Å². The van der Waals surface area contributed by atoms with Crippen LogP contribution >= 0.6 is 0 Å². The highest BCUT2D eigenvalue weighted by Crippen LogP contribution is 2.47. The van der Waals surface area contributed by atoms with Gasteiger partial charge in [-0.25, -0.2) is 0 Å². The van der Waals surface area contributed by atoms with E-state index in [1.165, 1.54) is 11.1 Å². The van der Waals surface area contributed by atoms with E-state index in [9.17, 15) is 10.2 Å². The average Bonchev–Trinajstić information content (AvgIpc) is 2.75. The zero-order valence-electron chi connectivity index (χ0n) is 21.6. The third-order valence-corrected chi connectivity index (χ3v) is 6.59. The van der Waals surface area contributed by atoms with Crippen LogP contribution in [0.1, 0.15) is 100 Å². The molecule has 0 heterocycles. The molecule has 0 saturated heterocycles. The van der Waals surface area contributed by atoms with Crippen LogP contribution in [0.5, 0.6) is 11.5 Å². The van der Waals surface area contributed by atoms with E-state index in [1.54, 1.807) is 0 Å². The van der Waals surface area contributed by atoms with Crippen molar-refractivity contribution >= 4 is 0 Å². The van der Waals surface area contributed by atoms with Crippen molar-refractivity contribution in [1.29, 1.82) is 0 Å². The number of benzene rings is 3. The molecule has 0 amide bonds. The van der Waals surface area contributed by atoms with Crippen molar-refractivity contribution in [2.24, 2.45) is 0 Å². The van der Waals surface area contributed by atoms with Gasteiger partial charge in [-0.2, -0.15) is 0 Å². The molecule has 0 aliphatic heterocycles. The summed E-state index contributed by atoms with van der Waals surface area (Å²) in [5, 5.41) is 23.2. The van der Waals surface area contributed by atoms with E-state index < -0.39 is 0 Å². The number of hydrogen-bond acceptors (Lipinski definition) is 2. The SMILES string of the molecule is CCc1cc(C(c2ccccc2)c2cc(CC)cc(C(C)(C)C)c2O)c(O)c(C(C)(C)C)c1. The van der Waals surface area contributed by atoms with E-state index >= 15 is 0 Å². The highest BCUT2D eigenvalue weighted by molar-refractivity contribution is 5.60. The second-order valence-corrected chi connectivity index (χ2v) is 11.2. The molecule has 0 spiro atoms. The Morgan fingerprint density at radius 2 is 1.03 bits per heavy atom. The highest BCUT2D eigenvalue weighted by Gasteiger charge is 2.30. The maximum absolute atomic E-state index is 11.6. The number of phenolic OH excluding ortho intramolecular Hbond substituents is 2. The third-order valence-electron chi connectivity index (χ3n) is 6.59. The van der Waals surface area contributed by atoms with Crippen LogP contribution in [0.4, 0.5) is 0 Å². The molecule has 176 valence electrons. The molecule has 2 heteroatoms. The first-order chi connectivity index (χ1) is 15.4. The largest absolute Gasteiger partial charge is 0.507 e. The van der Waals surface area contributed by atoms with E-state index in [2.05, 4.69) is 91.8 Å². The summed E-state index contributed by atoms with van der Waals surface area (Å²) in [5.41, 5.74) is 6.64. The standard InChI is InChI=1S/C31H40O2/c1-9-20-16-23(28(32)25(18-20)30(3,4)5)27(22-14-12-11-13-15-22)24-17-21(10-2)19-26(29(24)33)31(6,7)8/h11-19,27,32-33H,9-10H2,1-8H3. The second kappa shape index (κ2) is 9.25. The minimum Gasteiger partial charge on any atom is -0.507 e. The second-order valence-electron chi connectivity index (χ2n) is 11.2. The van der Waals surface area contributed by atoms with Crippen LogP contribution in [0.2, 0.25) is 0 Å². The minimum atomic E-state index is -0.272. The molecule has 0 saturated carbocycles.